The lowest BCUT2D eigenvalue weighted by molar-refractivity contribution is 0.700. The largest absolute Gasteiger partial charge is 0.335 e. The molecule has 1 N–H and O–H groups in total. The molecule has 0 aromatic carbocycles. The van der Waals surface area contributed by atoms with Crippen molar-refractivity contribution in [2.24, 2.45) is 0 Å². The molecule has 0 rings (SSSR count). The van der Waals surface area contributed by atoms with Crippen LogP contribution in [-0.4, -0.2) is 14.3 Å². The molecule has 0 aromatic rings. The Morgan fingerprint density at radius 1 is 0.857 bits per heavy atom. The van der Waals surface area contributed by atoms with E-state index in [0.29, 0.717) is 6.04 Å². The molecule has 0 fully saturated rings. The van der Waals surface area contributed by atoms with Gasteiger partial charge in [-0.15, -0.1) is 0 Å². The van der Waals surface area contributed by atoms with Crippen LogP contribution in [0.1, 0.15) is 53.9 Å². The molecule has 0 saturated carbocycles. The first kappa shape index (κ1) is 14.2. The lowest BCUT2D eigenvalue weighted by Crippen LogP contribution is -2.53. The minimum absolute atomic E-state index is 0.673. The predicted molar refractivity (Wildman–Crippen MR) is 69.3 cm³/mol. The molecular formula is C12H29NSi. The van der Waals surface area contributed by atoms with Gasteiger partial charge in [0.2, 0.25) is 0 Å². The van der Waals surface area contributed by atoms with Crippen molar-refractivity contribution < 1.29 is 0 Å². The Hall–Kier alpha value is 0.177. The van der Waals surface area contributed by atoms with Gasteiger partial charge in [0.05, 0.1) is 0 Å². The van der Waals surface area contributed by atoms with Crippen LogP contribution < -0.4 is 4.98 Å². The summed E-state index contributed by atoms with van der Waals surface area (Å²) < 4.78 is 0. The van der Waals surface area contributed by atoms with Crippen LogP contribution in [0, 0.1) is 0 Å². The zero-order valence-corrected chi connectivity index (χ0v) is 11.8. The fourth-order valence-electron chi connectivity index (χ4n) is 2.64. The highest BCUT2D eigenvalue weighted by molar-refractivity contribution is 6.77. The lowest BCUT2D eigenvalue weighted by Gasteiger charge is -2.34. The standard InChI is InChI=1S/C12H29NSi/c1-6-9-14(10-7-2,11-8-3)13-12(4)5/h12-13H,6-11H2,1-5H3. The van der Waals surface area contributed by atoms with E-state index in [9.17, 15) is 0 Å². The van der Waals surface area contributed by atoms with Gasteiger partial charge in [0, 0.05) is 0 Å². The summed E-state index contributed by atoms with van der Waals surface area (Å²) in [5.74, 6) is 0. The fraction of sp³-hybridized carbons (Fsp3) is 1.00. The van der Waals surface area contributed by atoms with E-state index in [1.807, 2.05) is 0 Å². The molecule has 0 atom stereocenters. The predicted octanol–water partition coefficient (Wildman–Crippen LogP) is 4.16. The molecule has 1 nitrogen and oxygen atoms in total. The molecule has 0 aliphatic rings. The molecule has 0 bridgehead atoms. The van der Waals surface area contributed by atoms with Gasteiger partial charge in [-0.2, -0.15) is 0 Å². The Labute approximate surface area is 91.8 Å². The van der Waals surface area contributed by atoms with Gasteiger partial charge < -0.3 is 4.98 Å². The third-order valence-corrected chi connectivity index (χ3v) is 8.34. The molecule has 0 amide bonds. The topological polar surface area (TPSA) is 12.0 Å². The highest BCUT2D eigenvalue weighted by Gasteiger charge is 2.30. The summed E-state index contributed by atoms with van der Waals surface area (Å²) in [6.45, 7) is 11.6. The Kier molecular flexibility index (Phi) is 7.56. The Bertz CT molecular complexity index is 117. The van der Waals surface area contributed by atoms with Gasteiger partial charge >= 0.3 is 0 Å². The second-order valence-corrected chi connectivity index (χ2v) is 9.18. The van der Waals surface area contributed by atoms with Crippen molar-refractivity contribution >= 4 is 8.24 Å². The molecule has 0 aliphatic heterocycles. The number of hydrogen-bond donors (Lipinski definition) is 1. The van der Waals surface area contributed by atoms with Gasteiger partial charge in [-0.3, -0.25) is 0 Å². The summed E-state index contributed by atoms with van der Waals surface area (Å²) in [7, 11) is -1.11. The average molecular weight is 215 g/mol. The van der Waals surface area contributed by atoms with E-state index in [1.54, 1.807) is 0 Å². The third-order valence-electron chi connectivity index (χ3n) is 2.78. The quantitative estimate of drug-likeness (QED) is 0.600. The van der Waals surface area contributed by atoms with Crippen LogP contribution in [0.4, 0.5) is 0 Å². The monoisotopic (exact) mass is 215 g/mol. The summed E-state index contributed by atoms with van der Waals surface area (Å²) in [4.78, 5) is 3.94. The van der Waals surface area contributed by atoms with Crippen molar-refractivity contribution in [2.75, 3.05) is 0 Å². The summed E-state index contributed by atoms with van der Waals surface area (Å²) in [5, 5.41) is 0. The molecule has 0 spiro atoms. The van der Waals surface area contributed by atoms with Crippen LogP contribution in [0.5, 0.6) is 0 Å². The van der Waals surface area contributed by atoms with Crippen molar-refractivity contribution in [3.8, 4) is 0 Å². The molecule has 86 valence electrons. The molecule has 0 saturated heterocycles. The van der Waals surface area contributed by atoms with E-state index in [-0.39, 0.29) is 0 Å². The van der Waals surface area contributed by atoms with Crippen LogP contribution in [0.3, 0.4) is 0 Å². The van der Waals surface area contributed by atoms with Gasteiger partial charge in [-0.25, -0.2) is 0 Å². The highest BCUT2D eigenvalue weighted by atomic mass is 28.3. The summed E-state index contributed by atoms with van der Waals surface area (Å²) >= 11 is 0. The van der Waals surface area contributed by atoms with Crippen LogP contribution in [0.15, 0.2) is 0 Å². The first-order chi connectivity index (χ1) is 6.60. The first-order valence-electron chi connectivity index (χ1n) is 6.38. The number of hydrogen-bond acceptors (Lipinski definition) is 1. The zero-order chi connectivity index (χ0) is 11.0. The SMILES string of the molecule is CCC[Si](CCC)(CCC)NC(C)C. The Balaban J connectivity index is 4.37. The second kappa shape index (κ2) is 7.47. The molecule has 0 aromatic heterocycles. The van der Waals surface area contributed by atoms with E-state index >= 15 is 0 Å². The maximum Gasteiger partial charge on any atom is 0.125 e. The van der Waals surface area contributed by atoms with E-state index in [1.165, 1.54) is 37.4 Å². The van der Waals surface area contributed by atoms with E-state index in [4.69, 9.17) is 0 Å². The van der Waals surface area contributed by atoms with Crippen molar-refractivity contribution in [3.63, 3.8) is 0 Å². The third kappa shape index (κ3) is 5.16. The Morgan fingerprint density at radius 3 is 1.43 bits per heavy atom. The number of rotatable bonds is 8. The first-order valence-corrected chi connectivity index (χ1v) is 9.00. The molecule has 2 heteroatoms. The molecule has 0 aliphatic carbocycles. The molecule has 0 unspecified atom stereocenters. The fourth-order valence-corrected chi connectivity index (χ4v) is 7.92. The lowest BCUT2D eigenvalue weighted by atomic mass is 10.4. The van der Waals surface area contributed by atoms with Crippen LogP contribution in [0.25, 0.3) is 0 Å². The van der Waals surface area contributed by atoms with Gasteiger partial charge in [0.25, 0.3) is 0 Å². The number of nitrogens with one attached hydrogen (secondary N) is 1. The van der Waals surface area contributed by atoms with Crippen molar-refractivity contribution in [1.82, 2.24) is 4.98 Å². The van der Waals surface area contributed by atoms with E-state index < -0.39 is 8.24 Å². The minimum Gasteiger partial charge on any atom is -0.335 e. The second-order valence-electron chi connectivity index (χ2n) is 4.83. The normalized spacial score (nSPS) is 12.4. The van der Waals surface area contributed by atoms with Gasteiger partial charge in [0.15, 0.2) is 0 Å². The summed E-state index contributed by atoms with van der Waals surface area (Å²) in [6, 6.07) is 5.07. The minimum atomic E-state index is -1.11. The molecular weight excluding hydrogens is 186 g/mol. The van der Waals surface area contributed by atoms with Crippen molar-refractivity contribution in [1.29, 1.82) is 0 Å². The van der Waals surface area contributed by atoms with Crippen LogP contribution in [0.2, 0.25) is 18.1 Å². The molecule has 0 heterocycles. The van der Waals surface area contributed by atoms with E-state index in [2.05, 4.69) is 39.6 Å². The maximum absolute atomic E-state index is 3.94. The van der Waals surface area contributed by atoms with Gasteiger partial charge in [-0.05, 0) is 24.2 Å². The van der Waals surface area contributed by atoms with Crippen LogP contribution in [-0.2, 0) is 0 Å². The smallest absolute Gasteiger partial charge is 0.125 e. The van der Waals surface area contributed by atoms with Crippen molar-refractivity contribution in [3.05, 3.63) is 0 Å². The van der Waals surface area contributed by atoms with Gasteiger partial charge in [0.1, 0.15) is 8.24 Å². The summed E-state index contributed by atoms with van der Waals surface area (Å²) in [6.07, 6.45) is 4.06. The zero-order valence-electron chi connectivity index (χ0n) is 10.8. The van der Waals surface area contributed by atoms with Gasteiger partial charge in [-0.1, -0.05) is 53.9 Å². The molecule has 14 heavy (non-hydrogen) atoms. The molecule has 0 radical (unpaired) electrons. The highest BCUT2D eigenvalue weighted by Crippen LogP contribution is 2.23. The van der Waals surface area contributed by atoms with Crippen molar-refractivity contribution in [2.45, 2.75) is 78.1 Å². The van der Waals surface area contributed by atoms with Crippen LogP contribution >= 0.6 is 0 Å². The maximum atomic E-state index is 3.94. The van der Waals surface area contributed by atoms with E-state index in [0.717, 1.165) is 0 Å². The average Bonchev–Trinajstić information content (AvgIpc) is 2.03. The summed E-state index contributed by atoms with van der Waals surface area (Å²) in [5.41, 5.74) is 0. The Morgan fingerprint density at radius 2 is 1.21 bits per heavy atom.